The van der Waals surface area contributed by atoms with Crippen molar-refractivity contribution in [2.75, 3.05) is 25.6 Å². The topological polar surface area (TPSA) is 81.8 Å². The first-order valence-corrected chi connectivity index (χ1v) is 8.92. The van der Waals surface area contributed by atoms with E-state index in [2.05, 4.69) is 4.99 Å². The monoisotopic (exact) mass is 372 g/mol. The molecule has 0 aromatic heterocycles. The maximum Gasteiger partial charge on any atom is 0.277 e. The van der Waals surface area contributed by atoms with Crippen LogP contribution in [-0.2, 0) is 14.6 Å². The van der Waals surface area contributed by atoms with Gasteiger partial charge in [0.25, 0.3) is 6.43 Å². The van der Waals surface area contributed by atoms with Gasteiger partial charge in [-0.25, -0.2) is 26.0 Å². The lowest BCUT2D eigenvalue weighted by molar-refractivity contribution is -0.104. The fraction of sp³-hybridized carbons (Fsp3) is 0.643. The lowest BCUT2D eigenvalue weighted by Gasteiger charge is -2.24. The molecule has 0 aliphatic carbocycles. The minimum atomic E-state index is -3.50. The van der Waals surface area contributed by atoms with Gasteiger partial charge in [0.15, 0.2) is 9.84 Å². The van der Waals surface area contributed by atoms with Gasteiger partial charge in [0.05, 0.1) is 41.8 Å². The molecule has 0 fully saturated rings. The predicted molar refractivity (Wildman–Crippen MR) is 83.3 cm³/mol. The summed E-state index contributed by atoms with van der Waals surface area (Å²) < 4.78 is 78.8. The molecule has 0 spiro atoms. The summed E-state index contributed by atoms with van der Waals surface area (Å²) in [6.07, 6.45) is -1.17. The summed E-state index contributed by atoms with van der Waals surface area (Å²) in [5.74, 6) is -0.0497. The number of rotatable bonds is 9. The molecular formula is C14H20F4N2O3S. The molecule has 0 saturated carbocycles. The second-order valence-corrected chi connectivity index (χ2v) is 7.31. The van der Waals surface area contributed by atoms with Crippen molar-refractivity contribution in [3.63, 3.8) is 0 Å². The number of ether oxygens (including phenoxy) is 1. The summed E-state index contributed by atoms with van der Waals surface area (Å²) in [4.78, 5) is 3.97. The Hall–Kier alpha value is -1.42. The van der Waals surface area contributed by atoms with Gasteiger partial charge < -0.3 is 10.5 Å². The molecule has 0 saturated heterocycles. The quantitative estimate of drug-likeness (QED) is 0.627. The molecule has 1 heterocycles. The summed E-state index contributed by atoms with van der Waals surface area (Å²) in [7, 11) is -3.44. The molecule has 2 N–H and O–H groups in total. The number of halogens is 4. The first kappa shape index (κ1) is 20.6. The van der Waals surface area contributed by atoms with E-state index in [0.717, 1.165) is 5.41 Å². The number of sulfone groups is 1. The number of allylic oxidation sites excluding steroid dienone is 1. The number of hydrogen-bond donors (Lipinski definition) is 1. The van der Waals surface area contributed by atoms with E-state index >= 15 is 0 Å². The second-order valence-electron chi connectivity index (χ2n) is 5.34. The number of aliphatic imine (C=N–C) groups is 1. The van der Waals surface area contributed by atoms with Crippen LogP contribution < -0.4 is 5.73 Å². The zero-order chi connectivity index (χ0) is 18.4. The SMILES string of the molecule is CCCS(=O)(=O)/C=C(\N)C1=NCC(OCC(F)(CF)C(F)F)C=C1. The van der Waals surface area contributed by atoms with E-state index < -0.39 is 41.3 Å². The molecule has 0 bridgehead atoms. The number of nitrogens with zero attached hydrogens (tertiary/aromatic N) is 1. The van der Waals surface area contributed by atoms with Gasteiger partial charge in [-0.05, 0) is 12.5 Å². The second kappa shape index (κ2) is 8.61. The largest absolute Gasteiger partial charge is 0.396 e. The highest BCUT2D eigenvalue weighted by atomic mass is 32.2. The Morgan fingerprint density at radius 2 is 2.25 bits per heavy atom. The molecule has 0 amide bonds. The smallest absolute Gasteiger partial charge is 0.277 e. The molecule has 2 atom stereocenters. The Bertz CT molecular complexity index is 620. The number of dihydropyridines is 1. The van der Waals surface area contributed by atoms with E-state index in [1.54, 1.807) is 6.92 Å². The van der Waals surface area contributed by atoms with Crippen LogP contribution in [0, 0.1) is 0 Å². The Balaban J connectivity index is 2.65. The van der Waals surface area contributed by atoms with Crippen LogP contribution in [0.25, 0.3) is 0 Å². The van der Waals surface area contributed by atoms with Gasteiger partial charge >= 0.3 is 0 Å². The normalized spacial score (nSPS) is 21.7. The van der Waals surface area contributed by atoms with Gasteiger partial charge in [0, 0.05) is 0 Å². The van der Waals surface area contributed by atoms with Crippen LogP contribution in [-0.4, -0.2) is 57.9 Å². The Kier molecular flexibility index (Phi) is 7.40. The molecular weight excluding hydrogens is 352 g/mol. The molecule has 5 nitrogen and oxygen atoms in total. The van der Waals surface area contributed by atoms with Crippen LogP contribution in [0.2, 0.25) is 0 Å². The van der Waals surface area contributed by atoms with Gasteiger partial charge in [-0.15, -0.1) is 0 Å². The van der Waals surface area contributed by atoms with E-state index in [9.17, 15) is 26.0 Å². The van der Waals surface area contributed by atoms with E-state index in [1.165, 1.54) is 12.2 Å². The summed E-state index contributed by atoms with van der Waals surface area (Å²) in [6.45, 7) is -1.33. The Labute approximate surface area is 138 Å². The molecule has 1 aliphatic heterocycles. The third-order valence-electron chi connectivity index (χ3n) is 3.15. The number of alkyl halides is 4. The molecule has 1 rings (SSSR count). The maximum absolute atomic E-state index is 13.5. The summed E-state index contributed by atoms with van der Waals surface area (Å²) >= 11 is 0. The van der Waals surface area contributed by atoms with E-state index in [0.29, 0.717) is 6.42 Å². The van der Waals surface area contributed by atoms with Crippen molar-refractivity contribution in [1.82, 2.24) is 0 Å². The van der Waals surface area contributed by atoms with Crippen molar-refractivity contribution in [2.45, 2.75) is 31.5 Å². The van der Waals surface area contributed by atoms with Crippen LogP contribution in [0.15, 0.2) is 28.2 Å². The van der Waals surface area contributed by atoms with Gasteiger partial charge in [-0.1, -0.05) is 13.0 Å². The highest BCUT2D eigenvalue weighted by molar-refractivity contribution is 7.94. The van der Waals surface area contributed by atoms with Crippen LogP contribution in [0.4, 0.5) is 17.6 Å². The van der Waals surface area contributed by atoms with Gasteiger partial charge in [0.2, 0.25) is 5.67 Å². The van der Waals surface area contributed by atoms with Crippen molar-refractivity contribution < 1.29 is 30.7 Å². The molecule has 10 heteroatoms. The van der Waals surface area contributed by atoms with Gasteiger partial charge in [-0.3, -0.25) is 4.99 Å². The van der Waals surface area contributed by atoms with Crippen LogP contribution >= 0.6 is 0 Å². The van der Waals surface area contributed by atoms with Crippen LogP contribution in [0.5, 0.6) is 0 Å². The van der Waals surface area contributed by atoms with Crippen LogP contribution in [0.1, 0.15) is 13.3 Å². The van der Waals surface area contributed by atoms with Crippen molar-refractivity contribution in [1.29, 1.82) is 0 Å². The number of hydrogen-bond acceptors (Lipinski definition) is 5. The first-order chi connectivity index (χ1) is 11.1. The zero-order valence-electron chi connectivity index (χ0n) is 13.1. The highest BCUT2D eigenvalue weighted by Gasteiger charge is 2.41. The molecule has 0 radical (unpaired) electrons. The zero-order valence-corrected chi connectivity index (χ0v) is 13.9. The molecule has 24 heavy (non-hydrogen) atoms. The van der Waals surface area contributed by atoms with E-state index in [1.807, 2.05) is 0 Å². The van der Waals surface area contributed by atoms with E-state index in [-0.39, 0.29) is 23.7 Å². The van der Waals surface area contributed by atoms with E-state index in [4.69, 9.17) is 10.5 Å². The van der Waals surface area contributed by atoms with Crippen molar-refractivity contribution in [2.24, 2.45) is 10.7 Å². The fourth-order valence-corrected chi connectivity index (χ4v) is 2.99. The minimum Gasteiger partial charge on any atom is -0.396 e. The molecule has 0 aromatic rings. The third kappa shape index (κ3) is 5.90. The Morgan fingerprint density at radius 3 is 2.71 bits per heavy atom. The fourth-order valence-electron chi connectivity index (χ4n) is 1.80. The van der Waals surface area contributed by atoms with Crippen molar-refractivity contribution >= 4 is 15.5 Å². The lowest BCUT2D eigenvalue weighted by Crippen LogP contribution is -2.41. The number of nitrogens with two attached hydrogens (primary N) is 1. The summed E-state index contributed by atoms with van der Waals surface area (Å²) in [5, 5.41) is 0.910. The Morgan fingerprint density at radius 1 is 1.58 bits per heavy atom. The van der Waals surface area contributed by atoms with Gasteiger partial charge in [0.1, 0.15) is 6.67 Å². The minimum absolute atomic E-state index is 0.0497. The third-order valence-corrected chi connectivity index (χ3v) is 4.74. The molecule has 138 valence electrons. The maximum atomic E-state index is 13.5. The van der Waals surface area contributed by atoms with Crippen molar-refractivity contribution in [3.8, 4) is 0 Å². The molecule has 1 aliphatic rings. The average Bonchev–Trinajstić information content (AvgIpc) is 2.52. The van der Waals surface area contributed by atoms with Crippen molar-refractivity contribution in [3.05, 3.63) is 23.3 Å². The standard InChI is InChI=1S/C14H20F4N2O3S/c1-2-5-24(21,22)7-11(19)12-4-3-10(6-20-12)23-9-14(18,8-15)13(16)17/h3-4,7,10,13H,2,5-6,8-9,19H2,1H3/b11-7-. The highest BCUT2D eigenvalue weighted by Crippen LogP contribution is 2.23. The predicted octanol–water partition coefficient (Wildman–Crippen LogP) is 1.95. The molecule has 2 unspecified atom stereocenters. The first-order valence-electron chi connectivity index (χ1n) is 7.21. The summed E-state index contributed by atoms with van der Waals surface area (Å²) in [5.41, 5.74) is 2.44. The molecule has 0 aromatic carbocycles. The van der Waals surface area contributed by atoms with Crippen LogP contribution in [0.3, 0.4) is 0 Å². The van der Waals surface area contributed by atoms with Gasteiger partial charge in [-0.2, -0.15) is 0 Å². The summed E-state index contributed by atoms with van der Waals surface area (Å²) in [6, 6.07) is 0. The lowest BCUT2D eigenvalue weighted by atomic mass is 10.1. The average molecular weight is 372 g/mol.